The molecule has 3 aromatic carbocycles. The first-order valence-corrected chi connectivity index (χ1v) is 10.1. The minimum Gasteiger partial charge on any atom is -0.493 e. The molecule has 1 aromatic heterocycles. The van der Waals surface area contributed by atoms with Crippen molar-refractivity contribution < 1.29 is 23.4 Å². The molecule has 0 fully saturated rings. The lowest BCUT2D eigenvalue weighted by Crippen LogP contribution is -2.28. The zero-order valence-electron chi connectivity index (χ0n) is 18.1. The smallest absolute Gasteiger partial charge is 0.319 e. The van der Waals surface area contributed by atoms with Gasteiger partial charge in [0.15, 0.2) is 11.5 Å². The van der Waals surface area contributed by atoms with Crippen LogP contribution < -0.4 is 24.8 Å². The van der Waals surface area contributed by atoms with E-state index in [0.717, 1.165) is 10.9 Å². The Balaban J connectivity index is 1.41. The Morgan fingerprint density at radius 2 is 1.61 bits per heavy atom. The monoisotopic (exact) mass is 447 g/mol. The number of amides is 2. The second-order valence-corrected chi connectivity index (χ2v) is 7.09. The van der Waals surface area contributed by atoms with Crippen LogP contribution in [-0.2, 0) is 6.54 Å². The molecule has 0 spiro atoms. The SMILES string of the molecule is COc1cc2nccc(Oc3ccc(NC(=O)NCc4ccc(F)cc4)cc3)c2cc1OC. The maximum Gasteiger partial charge on any atom is 0.319 e. The number of carbonyl (C=O) groups excluding carboxylic acids is 1. The van der Waals surface area contributed by atoms with Crippen molar-refractivity contribution in [1.82, 2.24) is 10.3 Å². The molecule has 33 heavy (non-hydrogen) atoms. The molecule has 168 valence electrons. The van der Waals surface area contributed by atoms with E-state index in [1.807, 2.05) is 6.07 Å². The molecule has 0 atom stereocenters. The van der Waals surface area contributed by atoms with Crippen molar-refractivity contribution in [2.45, 2.75) is 6.54 Å². The Kier molecular flexibility index (Phi) is 6.54. The van der Waals surface area contributed by atoms with E-state index < -0.39 is 0 Å². The zero-order chi connectivity index (χ0) is 23.2. The van der Waals surface area contributed by atoms with Gasteiger partial charge in [-0.3, -0.25) is 4.98 Å². The molecule has 0 aliphatic rings. The van der Waals surface area contributed by atoms with Crippen molar-refractivity contribution in [3.8, 4) is 23.0 Å². The van der Waals surface area contributed by atoms with Gasteiger partial charge >= 0.3 is 6.03 Å². The number of methoxy groups -OCH3 is 2. The molecule has 8 heteroatoms. The molecule has 2 amide bonds. The van der Waals surface area contributed by atoms with Crippen molar-refractivity contribution in [3.05, 3.63) is 84.3 Å². The van der Waals surface area contributed by atoms with Gasteiger partial charge in [-0.2, -0.15) is 0 Å². The zero-order valence-corrected chi connectivity index (χ0v) is 18.1. The third kappa shape index (κ3) is 5.30. The van der Waals surface area contributed by atoms with Gasteiger partial charge in [0.1, 0.15) is 17.3 Å². The van der Waals surface area contributed by atoms with E-state index in [9.17, 15) is 9.18 Å². The Bertz CT molecular complexity index is 1260. The molecule has 0 saturated heterocycles. The third-order valence-electron chi connectivity index (χ3n) is 4.91. The van der Waals surface area contributed by atoms with E-state index in [1.165, 1.54) is 12.1 Å². The first-order chi connectivity index (χ1) is 16.1. The highest BCUT2D eigenvalue weighted by Gasteiger charge is 2.11. The highest BCUT2D eigenvalue weighted by molar-refractivity contribution is 5.89. The summed E-state index contributed by atoms with van der Waals surface area (Å²) in [6.07, 6.45) is 1.66. The minimum absolute atomic E-state index is 0.288. The Hall–Kier alpha value is -4.33. The van der Waals surface area contributed by atoms with Gasteiger partial charge in [0.2, 0.25) is 0 Å². The van der Waals surface area contributed by atoms with E-state index >= 15 is 0 Å². The fourth-order valence-corrected chi connectivity index (χ4v) is 3.23. The first-order valence-electron chi connectivity index (χ1n) is 10.1. The average molecular weight is 447 g/mol. The van der Waals surface area contributed by atoms with Crippen molar-refractivity contribution in [3.63, 3.8) is 0 Å². The fourth-order valence-electron chi connectivity index (χ4n) is 3.23. The van der Waals surface area contributed by atoms with Crippen LogP contribution in [0.1, 0.15) is 5.56 Å². The van der Waals surface area contributed by atoms with E-state index in [4.69, 9.17) is 14.2 Å². The number of aromatic nitrogens is 1. The van der Waals surface area contributed by atoms with E-state index in [-0.39, 0.29) is 18.4 Å². The summed E-state index contributed by atoms with van der Waals surface area (Å²) in [6.45, 7) is 0.288. The molecule has 4 aromatic rings. The number of rotatable bonds is 7. The van der Waals surface area contributed by atoms with Crippen LogP contribution in [0, 0.1) is 5.82 Å². The third-order valence-corrected chi connectivity index (χ3v) is 4.91. The van der Waals surface area contributed by atoms with Gasteiger partial charge in [0.25, 0.3) is 0 Å². The maximum atomic E-state index is 13.0. The summed E-state index contributed by atoms with van der Waals surface area (Å²) in [5.74, 6) is 2.05. The van der Waals surface area contributed by atoms with E-state index in [2.05, 4.69) is 15.6 Å². The summed E-state index contributed by atoms with van der Waals surface area (Å²) in [5.41, 5.74) is 2.11. The Morgan fingerprint density at radius 3 is 2.30 bits per heavy atom. The molecule has 7 nitrogen and oxygen atoms in total. The summed E-state index contributed by atoms with van der Waals surface area (Å²) in [6, 6.07) is 17.9. The van der Waals surface area contributed by atoms with Gasteiger partial charge in [-0.1, -0.05) is 12.1 Å². The van der Waals surface area contributed by atoms with Crippen LogP contribution in [0.4, 0.5) is 14.9 Å². The van der Waals surface area contributed by atoms with Gasteiger partial charge in [0.05, 0.1) is 19.7 Å². The van der Waals surface area contributed by atoms with Crippen LogP contribution in [0.2, 0.25) is 0 Å². The van der Waals surface area contributed by atoms with Crippen LogP contribution in [0.5, 0.6) is 23.0 Å². The number of nitrogens with one attached hydrogen (secondary N) is 2. The molecule has 0 saturated carbocycles. The lowest BCUT2D eigenvalue weighted by atomic mass is 10.2. The summed E-state index contributed by atoms with van der Waals surface area (Å²) in [4.78, 5) is 16.5. The van der Waals surface area contributed by atoms with Crippen molar-refractivity contribution in [2.24, 2.45) is 0 Å². The molecule has 0 unspecified atom stereocenters. The lowest BCUT2D eigenvalue weighted by Gasteiger charge is -2.13. The van der Waals surface area contributed by atoms with Gasteiger partial charge < -0.3 is 24.8 Å². The van der Waals surface area contributed by atoms with E-state index in [1.54, 1.807) is 68.9 Å². The van der Waals surface area contributed by atoms with Crippen LogP contribution in [0.25, 0.3) is 10.9 Å². The lowest BCUT2D eigenvalue weighted by molar-refractivity contribution is 0.251. The number of pyridine rings is 1. The molecule has 0 aliphatic heterocycles. The first kappa shape index (κ1) is 21.9. The molecule has 0 aliphatic carbocycles. The number of ether oxygens (including phenoxy) is 3. The molecule has 2 N–H and O–H groups in total. The van der Waals surface area contributed by atoms with Crippen molar-refractivity contribution in [2.75, 3.05) is 19.5 Å². The van der Waals surface area contributed by atoms with Gasteiger partial charge in [-0.25, -0.2) is 9.18 Å². The molecule has 0 radical (unpaired) electrons. The number of carbonyl (C=O) groups is 1. The van der Waals surface area contributed by atoms with Crippen molar-refractivity contribution in [1.29, 1.82) is 0 Å². The molecule has 0 bridgehead atoms. The fraction of sp³-hybridized carbons (Fsp3) is 0.120. The van der Waals surface area contributed by atoms with Crippen LogP contribution >= 0.6 is 0 Å². The summed E-state index contributed by atoms with van der Waals surface area (Å²) >= 11 is 0. The molecular formula is C25H22FN3O4. The number of halogens is 1. The van der Waals surface area contributed by atoms with Gasteiger partial charge in [-0.15, -0.1) is 0 Å². The predicted molar refractivity (Wildman–Crippen MR) is 124 cm³/mol. The number of benzene rings is 3. The maximum absolute atomic E-state index is 13.0. The summed E-state index contributed by atoms with van der Waals surface area (Å²) in [7, 11) is 3.14. The van der Waals surface area contributed by atoms with E-state index in [0.29, 0.717) is 34.2 Å². The highest BCUT2D eigenvalue weighted by Crippen LogP contribution is 2.36. The number of hydrogen-bond donors (Lipinski definition) is 2. The highest BCUT2D eigenvalue weighted by atomic mass is 19.1. The average Bonchev–Trinajstić information content (AvgIpc) is 2.84. The minimum atomic E-state index is -0.367. The normalized spacial score (nSPS) is 10.5. The predicted octanol–water partition coefficient (Wildman–Crippen LogP) is 5.51. The van der Waals surface area contributed by atoms with Crippen molar-refractivity contribution >= 4 is 22.6 Å². The van der Waals surface area contributed by atoms with Gasteiger partial charge in [-0.05, 0) is 54.1 Å². The quantitative estimate of drug-likeness (QED) is 0.391. The number of fused-ring (bicyclic) bond motifs is 1. The summed E-state index contributed by atoms with van der Waals surface area (Å²) in [5, 5.41) is 6.26. The second kappa shape index (κ2) is 9.86. The Morgan fingerprint density at radius 1 is 0.909 bits per heavy atom. The largest absolute Gasteiger partial charge is 0.493 e. The second-order valence-electron chi connectivity index (χ2n) is 7.09. The number of anilines is 1. The molecular weight excluding hydrogens is 425 g/mol. The van der Waals surface area contributed by atoms with Crippen LogP contribution in [-0.4, -0.2) is 25.2 Å². The molecule has 1 heterocycles. The van der Waals surface area contributed by atoms with Crippen LogP contribution in [0.3, 0.4) is 0 Å². The number of nitrogens with zero attached hydrogens (tertiary/aromatic N) is 1. The standard InChI is InChI=1S/C25H22FN3O4/c1-31-23-13-20-21(14-24(23)32-2)27-12-11-22(20)33-19-9-7-18(8-10-19)29-25(30)28-15-16-3-5-17(26)6-4-16/h3-14H,15H2,1-2H3,(H2,28,29,30). The number of hydrogen-bond acceptors (Lipinski definition) is 5. The van der Waals surface area contributed by atoms with Gasteiger partial charge in [0, 0.05) is 29.9 Å². The molecule has 4 rings (SSSR count). The topological polar surface area (TPSA) is 81.7 Å². The summed E-state index contributed by atoms with van der Waals surface area (Å²) < 4.78 is 29.7. The van der Waals surface area contributed by atoms with Crippen LogP contribution in [0.15, 0.2) is 72.9 Å². The Labute approximate surface area is 190 Å². The number of urea groups is 1.